The van der Waals surface area contributed by atoms with Gasteiger partial charge in [-0.2, -0.15) is 0 Å². The second-order valence-electron chi connectivity index (χ2n) is 2.08. The lowest BCUT2D eigenvalue weighted by molar-refractivity contribution is 0.0574. The molecule has 11 heavy (non-hydrogen) atoms. The van der Waals surface area contributed by atoms with E-state index in [2.05, 4.69) is 5.32 Å². The number of carbonyl (C=O) groups is 1. The summed E-state index contributed by atoms with van der Waals surface area (Å²) in [5, 5.41) is 13.2. The summed E-state index contributed by atoms with van der Waals surface area (Å²) in [5.74, 6) is -1.16. The molecule has 3 nitrogen and oxygen atoms in total. The molecule has 0 heterocycles. The van der Waals surface area contributed by atoms with Gasteiger partial charge in [0.2, 0.25) is 0 Å². The molecule has 0 aliphatic heterocycles. The van der Waals surface area contributed by atoms with Crippen LogP contribution in [-0.4, -0.2) is 13.0 Å². The van der Waals surface area contributed by atoms with E-state index in [0.29, 0.717) is 5.69 Å². The quantitative estimate of drug-likeness (QED) is 0.690. The number of benzene rings is 1. The predicted molar refractivity (Wildman–Crippen MR) is 41.0 cm³/mol. The van der Waals surface area contributed by atoms with Crippen molar-refractivity contribution in [1.29, 1.82) is 0 Å². The Morgan fingerprint density at radius 2 is 2.00 bits per heavy atom. The lowest BCUT2D eigenvalue weighted by Gasteiger charge is -2.01. The van der Waals surface area contributed by atoms with Crippen molar-refractivity contribution < 1.29 is 9.90 Å². The van der Waals surface area contributed by atoms with Crippen LogP contribution < -0.4 is 5.32 Å². The molecule has 1 aromatic rings. The Bertz CT molecular complexity index is 271. The summed E-state index contributed by atoms with van der Waals surface area (Å²) in [6.07, 6.45) is 0. The van der Waals surface area contributed by atoms with Gasteiger partial charge in [-0.25, -0.2) is 9.90 Å². The standard InChI is InChI=1S/C8H8NO2/c1-9-7-5-3-2-4-6(7)8(10)11/h2-5,9H,1H3. The third kappa shape index (κ3) is 1.49. The van der Waals surface area contributed by atoms with E-state index in [4.69, 9.17) is 0 Å². The number of hydrogen-bond acceptors (Lipinski definition) is 2. The van der Waals surface area contributed by atoms with Gasteiger partial charge in [-0.15, -0.1) is 0 Å². The molecular weight excluding hydrogens is 142 g/mol. The molecule has 0 fully saturated rings. The van der Waals surface area contributed by atoms with Crippen LogP contribution in [0.25, 0.3) is 0 Å². The highest BCUT2D eigenvalue weighted by Crippen LogP contribution is 2.13. The summed E-state index contributed by atoms with van der Waals surface area (Å²) in [7, 11) is 1.67. The number of anilines is 1. The summed E-state index contributed by atoms with van der Waals surface area (Å²) < 4.78 is 0. The molecule has 0 aromatic heterocycles. The second-order valence-corrected chi connectivity index (χ2v) is 2.08. The van der Waals surface area contributed by atoms with Crippen LogP contribution in [0.5, 0.6) is 0 Å². The number of para-hydroxylation sites is 1. The molecule has 3 heteroatoms. The van der Waals surface area contributed by atoms with E-state index >= 15 is 0 Å². The Morgan fingerprint density at radius 3 is 2.45 bits per heavy atom. The van der Waals surface area contributed by atoms with Gasteiger partial charge in [0, 0.05) is 12.7 Å². The third-order valence-electron chi connectivity index (χ3n) is 1.42. The van der Waals surface area contributed by atoms with Gasteiger partial charge in [0.1, 0.15) is 0 Å². The van der Waals surface area contributed by atoms with Crippen LogP contribution in [0, 0.1) is 0 Å². The molecule has 0 saturated heterocycles. The van der Waals surface area contributed by atoms with Crippen molar-refractivity contribution in [2.45, 2.75) is 0 Å². The minimum absolute atomic E-state index is 0.190. The van der Waals surface area contributed by atoms with Crippen LogP contribution in [0.3, 0.4) is 0 Å². The molecule has 0 saturated carbocycles. The first-order chi connectivity index (χ1) is 5.25. The maximum Gasteiger partial charge on any atom is 0.388 e. The number of nitrogens with one attached hydrogen (secondary N) is 1. The fourth-order valence-corrected chi connectivity index (χ4v) is 0.879. The summed E-state index contributed by atoms with van der Waals surface area (Å²) in [5.41, 5.74) is 0.766. The van der Waals surface area contributed by atoms with Crippen molar-refractivity contribution in [1.82, 2.24) is 0 Å². The van der Waals surface area contributed by atoms with Gasteiger partial charge in [-0.1, -0.05) is 12.1 Å². The molecule has 57 valence electrons. The number of carbonyl (C=O) groups excluding carboxylic acids is 1. The van der Waals surface area contributed by atoms with E-state index in [1.54, 1.807) is 25.2 Å². The monoisotopic (exact) mass is 150 g/mol. The van der Waals surface area contributed by atoms with Crippen LogP contribution >= 0.6 is 0 Å². The van der Waals surface area contributed by atoms with Gasteiger partial charge in [0.05, 0.1) is 5.56 Å². The average molecular weight is 150 g/mol. The lowest BCUT2D eigenvalue weighted by Crippen LogP contribution is -2.00. The molecule has 1 rings (SSSR count). The Labute approximate surface area is 64.7 Å². The first kappa shape index (κ1) is 7.60. The molecule has 1 N–H and O–H groups in total. The summed E-state index contributed by atoms with van der Waals surface area (Å²) in [6.45, 7) is 0. The average Bonchev–Trinajstić information content (AvgIpc) is 2.04. The topological polar surface area (TPSA) is 49.0 Å². The first-order valence-electron chi connectivity index (χ1n) is 3.24. The van der Waals surface area contributed by atoms with Crippen molar-refractivity contribution >= 4 is 11.7 Å². The summed E-state index contributed by atoms with van der Waals surface area (Å²) in [4.78, 5) is 10.4. The molecular formula is C8H8NO2. The maximum absolute atomic E-state index is 10.4. The van der Waals surface area contributed by atoms with E-state index in [1.165, 1.54) is 6.07 Å². The summed E-state index contributed by atoms with van der Waals surface area (Å²) in [6, 6.07) is 6.61. The van der Waals surface area contributed by atoms with E-state index in [-0.39, 0.29) is 5.56 Å². The SMILES string of the molecule is CNc1ccccc1C([O])=O. The van der Waals surface area contributed by atoms with E-state index in [1.807, 2.05) is 0 Å². The zero-order chi connectivity index (χ0) is 8.27. The number of hydrogen-bond donors (Lipinski definition) is 1. The molecule has 0 unspecified atom stereocenters. The van der Waals surface area contributed by atoms with Crippen LogP contribution in [-0.2, 0) is 5.11 Å². The van der Waals surface area contributed by atoms with Gasteiger partial charge in [-0.05, 0) is 12.1 Å². The Morgan fingerprint density at radius 1 is 1.36 bits per heavy atom. The zero-order valence-electron chi connectivity index (χ0n) is 6.13. The van der Waals surface area contributed by atoms with Crippen LogP contribution in [0.4, 0.5) is 5.69 Å². The van der Waals surface area contributed by atoms with Crippen molar-refractivity contribution in [3.63, 3.8) is 0 Å². The first-order valence-corrected chi connectivity index (χ1v) is 3.24. The van der Waals surface area contributed by atoms with Crippen molar-refractivity contribution in [2.75, 3.05) is 12.4 Å². The van der Waals surface area contributed by atoms with Crippen molar-refractivity contribution in [3.8, 4) is 0 Å². The van der Waals surface area contributed by atoms with Gasteiger partial charge in [0.25, 0.3) is 0 Å². The lowest BCUT2D eigenvalue weighted by atomic mass is 10.2. The molecule has 0 spiro atoms. The predicted octanol–water partition coefficient (Wildman–Crippen LogP) is 1.30. The second kappa shape index (κ2) is 3.05. The molecule has 0 amide bonds. The molecule has 0 aliphatic rings. The zero-order valence-corrected chi connectivity index (χ0v) is 6.13. The highest BCUT2D eigenvalue weighted by atomic mass is 16.4. The minimum atomic E-state index is -1.16. The highest BCUT2D eigenvalue weighted by molar-refractivity contribution is 5.93. The van der Waals surface area contributed by atoms with Gasteiger partial charge in [0.15, 0.2) is 0 Å². The molecule has 1 aromatic carbocycles. The molecule has 0 atom stereocenters. The minimum Gasteiger partial charge on any atom is -0.387 e. The normalized spacial score (nSPS) is 9.18. The van der Waals surface area contributed by atoms with Gasteiger partial charge in [-0.3, -0.25) is 0 Å². The summed E-state index contributed by atoms with van der Waals surface area (Å²) >= 11 is 0. The highest BCUT2D eigenvalue weighted by Gasteiger charge is 2.08. The third-order valence-corrected chi connectivity index (χ3v) is 1.42. The van der Waals surface area contributed by atoms with Crippen LogP contribution in [0.15, 0.2) is 24.3 Å². The van der Waals surface area contributed by atoms with Gasteiger partial charge >= 0.3 is 5.97 Å². The maximum atomic E-state index is 10.4. The molecule has 1 radical (unpaired) electrons. The fraction of sp³-hybridized carbons (Fsp3) is 0.125. The fourth-order valence-electron chi connectivity index (χ4n) is 0.879. The van der Waals surface area contributed by atoms with Crippen molar-refractivity contribution in [2.24, 2.45) is 0 Å². The smallest absolute Gasteiger partial charge is 0.387 e. The van der Waals surface area contributed by atoms with Crippen LogP contribution in [0.1, 0.15) is 10.4 Å². The largest absolute Gasteiger partial charge is 0.388 e. The van der Waals surface area contributed by atoms with Gasteiger partial charge < -0.3 is 5.32 Å². The van der Waals surface area contributed by atoms with E-state index in [9.17, 15) is 9.90 Å². The molecule has 0 bridgehead atoms. The van der Waals surface area contributed by atoms with E-state index < -0.39 is 5.97 Å². The number of rotatable bonds is 2. The Hall–Kier alpha value is -1.51. The Balaban J connectivity index is 3.12. The van der Waals surface area contributed by atoms with E-state index in [0.717, 1.165) is 0 Å². The molecule has 0 aliphatic carbocycles. The Kier molecular flexibility index (Phi) is 2.11. The van der Waals surface area contributed by atoms with Crippen LogP contribution in [0.2, 0.25) is 0 Å². The van der Waals surface area contributed by atoms with Crippen molar-refractivity contribution in [3.05, 3.63) is 29.8 Å².